The van der Waals surface area contributed by atoms with Crippen molar-refractivity contribution in [2.45, 2.75) is 40.0 Å². The molecule has 6 atom stereocenters. The quantitative estimate of drug-likeness (QED) is 0.417. The van der Waals surface area contributed by atoms with Gasteiger partial charge in [-0.15, -0.1) is 0 Å². The Morgan fingerprint density at radius 3 is 1.13 bits per heavy atom. The van der Waals surface area contributed by atoms with Crippen LogP contribution in [0.5, 0.6) is 0 Å². The van der Waals surface area contributed by atoms with Crippen LogP contribution >= 0.6 is 0 Å². The number of ketones is 3. The summed E-state index contributed by atoms with van der Waals surface area (Å²) in [6.45, 7) is 11.7. The summed E-state index contributed by atoms with van der Waals surface area (Å²) in [6.07, 6.45) is 2.91. The van der Waals surface area contributed by atoms with Gasteiger partial charge in [-0.05, 0) is 37.4 Å². The van der Waals surface area contributed by atoms with Gasteiger partial charge in [-0.25, -0.2) is 0 Å². The normalized spacial score (nSPS) is 33.3. The smallest absolute Gasteiger partial charge is 0.151 e. The standard InChI is InChI=1S/C24H42N4O3/c1-4-16-7-25-10-19(16)22(29)13-28(14-23(30)20-11-26-8-17(20)5-2)15-24(31)21-12-27-9-18(21)6-3/h16-21,25-27H,4-15H2,1-3H3/t16-,17-,18-,19+,20+,21+/m1/s1. The summed E-state index contributed by atoms with van der Waals surface area (Å²) < 4.78 is 0. The number of carbonyl (C=O) groups excluding carboxylic acids is 3. The fraction of sp³-hybridized carbons (Fsp3) is 0.875. The molecule has 3 fully saturated rings. The van der Waals surface area contributed by atoms with E-state index >= 15 is 0 Å². The Labute approximate surface area is 187 Å². The van der Waals surface area contributed by atoms with Gasteiger partial charge in [0.05, 0.1) is 19.6 Å². The van der Waals surface area contributed by atoms with Crippen LogP contribution in [-0.2, 0) is 14.4 Å². The molecule has 0 aromatic heterocycles. The number of rotatable bonds is 12. The van der Waals surface area contributed by atoms with E-state index < -0.39 is 0 Å². The van der Waals surface area contributed by atoms with Crippen molar-refractivity contribution >= 4 is 17.3 Å². The van der Waals surface area contributed by atoms with Crippen LogP contribution in [0.3, 0.4) is 0 Å². The molecular weight excluding hydrogens is 392 g/mol. The van der Waals surface area contributed by atoms with Gasteiger partial charge in [-0.1, -0.05) is 40.0 Å². The molecule has 3 aliphatic rings. The minimum Gasteiger partial charge on any atom is -0.316 e. The highest BCUT2D eigenvalue weighted by Crippen LogP contribution is 2.25. The van der Waals surface area contributed by atoms with Crippen molar-refractivity contribution in [1.29, 1.82) is 0 Å². The molecule has 3 heterocycles. The molecule has 3 saturated heterocycles. The first kappa shape index (κ1) is 24.5. The van der Waals surface area contributed by atoms with Gasteiger partial charge in [0.2, 0.25) is 0 Å². The summed E-state index contributed by atoms with van der Waals surface area (Å²) in [5, 5.41) is 10.0. The van der Waals surface area contributed by atoms with E-state index in [4.69, 9.17) is 0 Å². The molecule has 0 radical (unpaired) electrons. The molecule has 3 N–H and O–H groups in total. The number of Topliss-reactive ketones (excluding diaryl/α,β-unsaturated/α-hetero) is 3. The van der Waals surface area contributed by atoms with Crippen molar-refractivity contribution < 1.29 is 14.4 Å². The number of hydrogen-bond donors (Lipinski definition) is 3. The Morgan fingerprint density at radius 2 is 0.871 bits per heavy atom. The van der Waals surface area contributed by atoms with E-state index in [1.165, 1.54) is 0 Å². The van der Waals surface area contributed by atoms with E-state index in [9.17, 15) is 14.4 Å². The van der Waals surface area contributed by atoms with Gasteiger partial charge < -0.3 is 16.0 Å². The Kier molecular flexibility index (Phi) is 9.19. The Balaban J connectivity index is 1.67. The van der Waals surface area contributed by atoms with Gasteiger partial charge in [0.25, 0.3) is 0 Å². The van der Waals surface area contributed by atoms with Crippen LogP contribution in [0, 0.1) is 35.5 Å². The van der Waals surface area contributed by atoms with Crippen LogP contribution in [0.25, 0.3) is 0 Å². The van der Waals surface area contributed by atoms with Crippen LogP contribution in [-0.4, -0.2) is 81.2 Å². The zero-order valence-electron chi connectivity index (χ0n) is 19.6. The van der Waals surface area contributed by atoms with Crippen molar-refractivity contribution in [3.8, 4) is 0 Å². The average molecular weight is 435 g/mol. The third-order valence-corrected chi connectivity index (χ3v) is 7.97. The highest BCUT2D eigenvalue weighted by atomic mass is 16.1. The van der Waals surface area contributed by atoms with Crippen LogP contribution in [0.15, 0.2) is 0 Å². The van der Waals surface area contributed by atoms with Crippen LogP contribution in [0.1, 0.15) is 40.0 Å². The predicted octanol–water partition coefficient (Wildman–Crippen LogP) is 0.733. The lowest BCUT2D eigenvalue weighted by atomic mass is 9.87. The topological polar surface area (TPSA) is 90.5 Å². The van der Waals surface area contributed by atoms with Gasteiger partial charge in [-0.3, -0.25) is 19.3 Å². The highest BCUT2D eigenvalue weighted by Gasteiger charge is 2.37. The summed E-state index contributed by atoms with van der Waals surface area (Å²) in [5.74, 6) is 1.55. The van der Waals surface area contributed by atoms with Crippen molar-refractivity contribution in [3.05, 3.63) is 0 Å². The molecule has 0 bridgehead atoms. The number of nitrogens with one attached hydrogen (secondary N) is 3. The molecule has 0 aromatic carbocycles. The van der Waals surface area contributed by atoms with E-state index in [1.807, 2.05) is 4.90 Å². The maximum absolute atomic E-state index is 13.1. The average Bonchev–Trinajstić information content (AvgIpc) is 3.52. The van der Waals surface area contributed by atoms with Crippen LogP contribution < -0.4 is 16.0 Å². The number of nitrogens with zero attached hydrogens (tertiary/aromatic N) is 1. The van der Waals surface area contributed by atoms with Gasteiger partial charge in [0, 0.05) is 37.4 Å². The fourth-order valence-corrected chi connectivity index (χ4v) is 5.80. The summed E-state index contributed by atoms with van der Waals surface area (Å²) in [6, 6.07) is 0. The molecule has 3 rings (SSSR count). The molecule has 0 spiro atoms. The number of carbonyl (C=O) groups is 3. The van der Waals surface area contributed by atoms with Gasteiger partial charge in [-0.2, -0.15) is 0 Å². The molecule has 0 amide bonds. The summed E-state index contributed by atoms with van der Waals surface area (Å²) in [7, 11) is 0. The maximum Gasteiger partial charge on any atom is 0.151 e. The lowest BCUT2D eigenvalue weighted by molar-refractivity contribution is -0.130. The highest BCUT2D eigenvalue weighted by molar-refractivity contribution is 5.89. The monoisotopic (exact) mass is 434 g/mol. The second kappa shape index (κ2) is 11.6. The second-order valence-electron chi connectivity index (χ2n) is 9.84. The molecule has 31 heavy (non-hydrogen) atoms. The largest absolute Gasteiger partial charge is 0.316 e. The second-order valence-corrected chi connectivity index (χ2v) is 9.84. The molecular formula is C24H42N4O3. The minimum atomic E-state index is -0.00854. The van der Waals surface area contributed by atoms with Crippen LogP contribution in [0.2, 0.25) is 0 Å². The molecule has 7 nitrogen and oxygen atoms in total. The molecule has 7 heteroatoms. The third-order valence-electron chi connectivity index (χ3n) is 7.97. The zero-order chi connectivity index (χ0) is 22.4. The van der Waals surface area contributed by atoms with Gasteiger partial charge in [0.1, 0.15) is 0 Å². The molecule has 3 aliphatic heterocycles. The Morgan fingerprint density at radius 1 is 0.581 bits per heavy atom. The van der Waals surface area contributed by atoms with E-state index in [-0.39, 0.29) is 54.7 Å². The first-order valence-corrected chi connectivity index (χ1v) is 12.4. The van der Waals surface area contributed by atoms with Crippen molar-refractivity contribution in [2.24, 2.45) is 35.5 Å². The van der Waals surface area contributed by atoms with E-state index in [2.05, 4.69) is 36.7 Å². The van der Waals surface area contributed by atoms with Gasteiger partial charge in [0.15, 0.2) is 17.3 Å². The predicted molar refractivity (Wildman–Crippen MR) is 122 cm³/mol. The lowest BCUT2D eigenvalue weighted by Crippen LogP contribution is -2.45. The van der Waals surface area contributed by atoms with E-state index in [0.717, 1.165) is 38.9 Å². The Bertz CT molecular complexity index is 555. The molecule has 0 aromatic rings. The maximum atomic E-state index is 13.1. The number of hydrogen-bond acceptors (Lipinski definition) is 7. The third kappa shape index (κ3) is 6.01. The van der Waals surface area contributed by atoms with E-state index in [1.54, 1.807) is 0 Å². The first-order valence-electron chi connectivity index (χ1n) is 12.4. The van der Waals surface area contributed by atoms with Crippen molar-refractivity contribution in [2.75, 3.05) is 58.9 Å². The minimum absolute atomic E-state index is 0.00854. The summed E-state index contributed by atoms with van der Waals surface area (Å²) >= 11 is 0. The van der Waals surface area contributed by atoms with Crippen molar-refractivity contribution in [3.63, 3.8) is 0 Å². The zero-order valence-corrected chi connectivity index (χ0v) is 19.6. The SMILES string of the molecule is CC[C@@H]1CNC[C@@H]1C(=O)CN(CC(=O)[C@H]1CNC[C@H]1CC)CC(=O)[C@H]1CNC[C@H]1CC. The molecule has 0 saturated carbocycles. The summed E-state index contributed by atoms with van der Waals surface area (Å²) in [4.78, 5) is 41.3. The fourth-order valence-electron chi connectivity index (χ4n) is 5.80. The van der Waals surface area contributed by atoms with Gasteiger partial charge >= 0.3 is 0 Å². The first-order chi connectivity index (χ1) is 15.0. The molecule has 176 valence electrons. The molecule has 0 aliphatic carbocycles. The lowest BCUT2D eigenvalue weighted by Gasteiger charge is -2.27. The molecule has 0 unspecified atom stereocenters. The summed E-state index contributed by atoms with van der Waals surface area (Å²) in [5.41, 5.74) is 0. The van der Waals surface area contributed by atoms with Crippen LogP contribution in [0.4, 0.5) is 0 Å². The Hall–Kier alpha value is -1.15. The van der Waals surface area contributed by atoms with E-state index in [0.29, 0.717) is 37.4 Å². The van der Waals surface area contributed by atoms with Crippen molar-refractivity contribution in [1.82, 2.24) is 20.9 Å².